The third-order valence-electron chi connectivity index (χ3n) is 2.35. The first-order chi connectivity index (χ1) is 6.11. The van der Waals surface area contributed by atoms with Crippen LogP contribution >= 0.6 is 0 Å². The average Bonchev–Trinajstić information content (AvgIpc) is 2.15. The summed E-state index contributed by atoms with van der Waals surface area (Å²) in [4.78, 5) is 0. The zero-order valence-electron chi connectivity index (χ0n) is 7.04. The highest BCUT2D eigenvalue weighted by Gasteiger charge is 2.41. The van der Waals surface area contributed by atoms with E-state index in [2.05, 4.69) is 5.32 Å². The van der Waals surface area contributed by atoms with Gasteiger partial charge in [-0.25, -0.2) is 0 Å². The minimum Gasteiger partial charge on any atom is -0.395 e. The highest BCUT2D eigenvalue weighted by Crippen LogP contribution is 2.14. The molecule has 0 aromatic carbocycles. The Morgan fingerprint density at radius 1 is 0.769 bits per heavy atom. The van der Waals surface area contributed by atoms with Gasteiger partial charge in [-0.15, -0.1) is 0 Å². The van der Waals surface area contributed by atoms with Crippen LogP contribution in [0.1, 0.15) is 0 Å². The first-order valence-electron chi connectivity index (χ1n) is 4.13. The van der Waals surface area contributed by atoms with Crippen molar-refractivity contribution < 1.29 is 25.5 Å². The van der Waals surface area contributed by atoms with E-state index >= 15 is 0 Å². The van der Waals surface area contributed by atoms with Crippen molar-refractivity contribution in [3.8, 4) is 0 Å². The molecule has 78 valence electrons. The van der Waals surface area contributed by atoms with E-state index in [-0.39, 0.29) is 13.2 Å². The summed E-state index contributed by atoms with van der Waals surface area (Å²) >= 11 is 0. The summed E-state index contributed by atoms with van der Waals surface area (Å²) in [5.74, 6) is 0. The number of aliphatic hydroxyl groups is 5. The summed E-state index contributed by atoms with van der Waals surface area (Å²) in [6, 6.07) is -1.42. The molecule has 1 aliphatic heterocycles. The predicted octanol–water partition coefficient (Wildman–Crippen LogP) is -3.61. The van der Waals surface area contributed by atoms with Crippen LogP contribution in [0.5, 0.6) is 0 Å². The van der Waals surface area contributed by atoms with Crippen LogP contribution in [-0.2, 0) is 0 Å². The lowest BCUT2D eigenvalue weighted by Gasteiger charge is -2.40. The molecule has 0 aliphatic carbocycles. The van der Waals surface area contributed by atoms with Crippen molar-refractivity contribution in [2.75, 3.05) is 13.2 Å². The molecule has 6 nitrogen and oxygen atoms in total. The van der Waals surface area contributed by atoms with E-state index in [9.17, 15) is 15.3 Å². The lowest BCUT2D eigenvalue weighted by atomic mass is 9.91. The molecule has 0 saturated carbocycles. The number of hydrogen-bond donors (Lipinski definition) is 6. The second-order valence-electron chi connectivity index (χ2n) is 3.22. The summed E-state index contributed by atoms with van der Waals surface area (Å²) in [5, 5.41) is 48.1. The Morgan fingerprint density at radius 2 is 1.15 bits per heavy atom. The molecule has 1 rings (SSSR count). The van der Waals surface area contributed by atoms with Gasteiger partial charge in [0.2, 0.25) is 0 Å². The van der Waals surface area contributed by atoms with Crippen molar-refractivity contribution in [1.82, 2.24) is 5.32 Å². The van der Waals surface area contributed by atoms with Crippen LogP contribution < -0.4 is 5.32 Å². The fourth-order valence-corrected chi connectivity index (χ4v) is 1.47. The summed E-state index contributed by atoms with van der Waals surface area (Å²) in [6.07, 6.45) is -3.78. The highest BCUT2D eigenvalue weighted by atomic mass is 16.4. The summed E-state index contributed by atoms with van der Waals surface area (Å²) in [7, 11) is 0. The van der Waals surface area contributed by atoms with Crippen LogP contribution in [0.4, 0.5) is 0 Å². The van der Waals surface area contributed by atoms with Gasteiger partial charge in [0.25, 0.3) is 0 Å². The zero-order chi connectivity index (χ0) is 10.0. The smallest absolute Gasteiger partial charge is 0.109 e. The molecule has 5 atom stereocenters. The van der Waals surface area contributed by atoms with Crippen LogP contribution in [0.3, 0.4) is 0 Å². The second kappa shape index (κ2) is 4.32. The van der Waals surface area contributed by atoms with Gasteiger partial charge >= 0.3 is 0 Å². The normalized spacial score (nSPS) is 46.4. The first kappa shape index (κ1) is 10.8. The molecule has 0 amide bonds. The Morgan fingerprint density at radius 3 is 1.46 bits per heavy atom. The van der Waals surface area contributed by atoms with E-state index < -0.39 is 30.4 Å². The number of rotatable bonds is 2. The molecule has 1 heterocycles. The fraction of sp³-hybridized carbons (Fsp3) is 1.00. The molecule has 13 heavy (non-hydrogen) atoms. The minimum atomic E-state index is -1.34. The van der Waals surface area contributed by atoms with Gasteiger partial charge in [-0.3, -0.25) is 0 Å². The molecule has 0 radical (unpaired) electrons. The van der Waals surface area contributed by atoms with Crippen molar-refractivity contribution >= 4 is 0 Å². The molecular formula is C7H15NO5. The Hall–Kier alpha value is -0.240. The molecule has 0 aromatic heterocycles. The van der Waals surface area contributed by atoms with Gasteiger partial charge in [-0.05, 0) is 0 Å². The number of hydrogen-bond acceptors (Lipinski definition) is 6. The van der Waals surface area contributed by atoms with E-state index in [1.165, 1.54) is 0 Å². The van der Waals surface area contributed by atoms with Gasteiger partial charge in [0.05, 0.1) is 37.5 Å². The molecule has 3 unspecified atom stereocenters. The summed E-state index contributed by atoms with van der Waals surface area (Å²) in [6.45, 7) is -0.719. The maximum atomic E-state index is 9.31. The van der Waals surface area contributed by atoms with E-state index in [0.717, 1.165) is 0 Å². The average molecular weight is 193 g/mol. The van der Waals surface area contributed by atoms with E-state index in [1.54, 1.807) is 0 Å². The van der Waals surface area contributed by atoms with Crippen molar-refractivity contribution in [2.24, 2.45) is 0 Å². The summed E-state index contributed by atoms with van der Waals surface area (Å²) in [5.41, 5.74) is 0. The first-order valence-corrected chi connectivity index (χ1v) is 4.13. The van der Waals surface area contributed by atoms with Gasteiger partial charge in [-0.2, -0.15) is 0 Å². The molecule has 1 saturated heterocycles. The monoisotopic (exact) mass is 193 g/mol. The van der Waals surface area contributed by atoms with Crippen molar-refractivity contribution in [1.29, 1.82) is 0 Å². The van der Waals surface area contributed by atoms with Crippen LogP contribution in [0.2, 0.25) is 0 Å². The van der Waals surface area contributed by atoms with E-state index in [1.807, 2.05) is 0 Å². The molecular weight excluding hydrogens is 178 g/mol. The molecule has 6 N–H and O–H groups in total. The lowest BCUT2D eigenvalue weighted by molar-refractivity contribution is -0.125. The van der Waals surface area contributed by atoms with E-state index in [4.69, 9.17) is 10.2 Å². The van der Waals surface area contributed by atoms with Crippen molar-refractivity contribution in [3.05, 3.63) is 0 Å². The highest BCUT2D eigenvalue weighted by molar-refractivity contribution is 4.97. The number of aliphatic hydroxyl groups excluding tert-OH is 5. The summed E-state index contributed by atoms with van der Waals surface area (Å²) < 4.78 is 0. The molecule has 0 spiro atoms. The predicted molar refractivity (Wildman–Crippen MR) is 42.9 cm³/mol. The van der Waals surface area contributed by atoms with Crippen LogP contribution in [0.15, 0.2) is 0 Å². The van der Waals surface area contributed by atoms with Crippen LogP contribution in [0.25, 0.3) is 0 Å². The molecule has 1 fully saturated rings. The standard InChI is InChI=1S/C7H15NO5/c9-1-3-5(11)7(13)6(12)4(2-10)8-3/h3-13H,1-2H2/t3-,4?,5?,6-,7?/m1/s1. The Labute approximate surface area is 75.4 Å². The Balaban J connectivity index is 2.66. The van der Waals surface area contributed by atoms with Crippen molar-refractivity contribution in [2.45, 2.75) is 30.4 Å². The molecule has 6 heteroatoms. The molecule has 0 aromatic rings. The third-order valence-corrected chi connectivity index (χ3v) is 2.35. The van der Waals surface area contributed by atoms with Gasteiger partial charge in [0, 0.05) is 0 Å². The minimum absolute atomic E-state index is 0.360. The van der Waals surface area contributed by atoms with Crippen LogP contribution in [0, 0.1) is 0 Å². The largest absolute Gasteiger partial charge is 0.395 e. The van der Waals surface area contributed by atoms with Crippen LogP contribution in [-0.4, -0.2) is 69.1 Å². The third kappa shape index (κ3) is 1.98. The molecule has 1 aliphatic rings. The maximum absolute atomic E-state index is 9.31. The van der Waals surface area contributed by atoms with Gasteiger partial charge in [0.1, 0.15) is 6.10 Å². The van der Waals surface area contributed by atoms with Gasteiger partial charge in [-0.1, -0.05) is 0 Å². The van der Waals surface area contributed by atoms with Gasteiger partial charge < -0.3 is 30.8 Å². The number of piperidine rings is 1. The zero-order valence-corrected chi connectivity index (χ0v) is 7.04. The SMILES string of the molecule is OCC1N[C@H](CO)C(O)C(O)[C@@H]1O. The Bertz CT molecular complexity index is 147. The fourth-order valence-electron chi connectivity index (χ4n) is 1.47. The van der Waals surface area contributed by atoms with Gasteiger partial charge in [0.15, 0.2) is 0 Å². The second-order valence-corrected chi connectivity index (χ2v) is 3.22. The lowest BCUT2D eigenvalue weighted by Crippen LogP contribution is -2.66. The van der Waals surface area contributed by atoms with E-state index in [0.29, 0.717) is 0 Å². The quantitative estimate of drug-likeness (QED) is 0.270. The van der Waals surface area contributed by atoms with Crippen molar-refractivity contribution in [3.63, 3.8) is 0 Å². The Kier molecular flexibility index (Phi) is 3.60. The molecule has 0 bridgehead atoms. The topological polar surface area (TPSA) is 113 Å². The maximum Gasteiger partial charge on any atom is 0.109 e. The number of nitrogens with one attached hydrogen (secondary N) is 1.